The zero-order valence-electron chi connectivity index (χ0n) is 7.42. The Bertz CT molecular complexity index is 205. The molecule has 0 aromatic carbocycles. The van der Waals surface area contributed by atoms with Gasteiger partial charge in [0.1, 0.15) is 6.21 Å². The van der Waals surface area contributed by atoms with Gasteiger partial charge in [0.15, 0.2) is 6.20 Å². The Morgan fingerprint density at radius 2 is 1.85 bits per heavy atom. The fourth-order valence-corrected chi connectivity index (χ4v) is 0.719. The lowest BCUT2D eigenvalue weighted by Crippen LogP contribution is -2.14. The van der Waals surface area contributed by atoms with Gasteiger partial charge in [-0.1, -0.05) is 0 Å². The highest BCUT2D eigenvalue weighted by molar-refractivity contribution is 6.50. The van der Waals surface area contributed by atoms with Crippen molar-refractivity contribution < 1.29 is 21.8 Å². The summed E-state index contributed by atoms with van der Waals surface area (Å²) < 4.78 is 41.1. The molecule has 1 heterocycles. The predicted octanol–water partition coefficient (Wildman–Crippen LogP) is 1.76. The third kappa shape index (κ3) is 8.90. The summed E-state index contributed by atoms with van der Waals surface area (Å²) in [6.45, 7) is 3.03. The second kappa shape index (κ2) is 4.88. The molecule has 0 atom stereocenters. The average molecular weight is 198 g/mol. The van der Waals surface area contributed by atoms with Gasteiger partial charge in [-0.15, -0.1) is 0 Å². The maximum Gasteiger partial charge on any atom is 0.673 e. The van der Waals surface area contributed by atoms with Crippen molar-refractivity contribution in [2.45, 2.75) is 6.92 Å². The van der Waals surface area contributed by atoms with E-state index in [-0.39, 0.29) is 0 Å². The molecule has 1 rings (SSSR count). The molecule has 0 N–H and O–H groups in total. The minimum Gasteiger partial charge on any atom is -0.418 e. The van der Waals surface area contributed by atoms with Gasteiger partial charge in [-0.2, -0.15) is 4.58 Å². The molecule has 0 aliphatic carbocycles. The molecule has 0 spiro atoms. The van der Waals surface area contributed by atoms with Crippen molar-refractivity contribution in [3.63, 3.8) is 0 Å². The molecule has 1 aliphatic rings. The molecule has 13 heavy (non-hydrogen) atoms. The smallest absolute Gasteiger partial charge is 0.418 e. The number of halogens is 4. The van der Waals surface area contributed by atoms with E-state index in [2.05, 4.69) is 35.1 Å². The van der Waals surface area contributed by atoms with Gasteiger partial charge in [-0.3, -0.25) is 0 Å². The molecule has 0 unspecified atom stereocenters. The van der Waals surface area contributed by atoms with Crippen LogP contribution in [0.4, 0.5) is 17.3 Å². The standard InChI is InChI=1S/C6H11N2.BF4/c1-3-8-5-4-7(2)6-8;2-1(3,4)5/h3-5H,6H2,1-2H3;/q+1;-1. The van der Waals surface area contributed by atoms with Gasteiger partial charge >= 0.3 is 7.25 Å². The SMILES string of the molecule is CC=[N+]1C=CN(C)C1.F[B-](F)(F)F. The minimum atomic E-state index is -6.00. The lowest BCUT2D eigenvalue weighted by Gasteiger charge is -1.98. The van der Waals surface area contributed by atoms with Gasteiger partial charge < -0.3 is 22.2 Å². The van der Waals surface area contributed by atoms with E-state index in [9.17, 15) is 17.3 Å². The molecule has 0 saturated carbocycles. The third-order valence-electron chi connectivity index (χ3n) is 1.23. The summed E-state index contributed by atoms with van der Waals surface area (Å²) in [7, 11) is -3.94. The normalized spacial score (nSPS) is 18.9. The summed E-state index contributed by atoms with van der Waals surface area (Å²) in [4.78, 5) is 2.12. The second-order valence-corrected chi connectivity index (χ2v) is 2.46. The fraction of sp³-hybridized carbons (Fsp3) is 0.500. The number of hydrogen-bond acceptors (Lipinski definition) is 1. The van der Waals surface area contributed by atoms with E-state index in [4.69, 9.17) is 0 Å². The molecule has 0 amide bonds. The van der Waals surface area contributed by atoms with Crippen LogP contribution < -0.4 is 0 Å². The first-order chi connectivity index (χ1) is 5.83. The zero-order chi connectivity index (χ0) is 10.5. The first-order valence-electron chi connectivity index (χ1n) is 3.64. The largest absolute Gasteiger partial charge is 0.673 e. The summed E-state index contributed by atoms with van der Waals surface area (Å²) in [5, 5.41) is 0. The predicted molar refractivity (Wildman–Crippen MR) is 44.0 cm³/mol. The first-order valence-corrected chi connectivity index (χ1v) is 3.64. The summed E-state index contributed by atoms with van der Waals surface area (Å²) in [5.74, 6) is 0. The van der Waals surface area contributed by atoms with Crippen molar-refractivity contribution in [3.05, 3.63) is 12.4 Å². The van der Waals surface area contributed by atoms with E-state index in [1.807, 2.05) is 6.92 Å². The molecule has 0 radical (unpaired) electrons. The Morgan fingerprint density at radius 3 is 2.00 bits per heavy atom. The maximum absolute atomic E-state index is 9.75. The highest BCUT2D eigenvalue weighted by Gasteiger charge is 2.20. The molecule has 0 saturated heterocycles. The van der Waals surface area contributed by atoms with E-state index in [1.165, 1.54) is 0 Å². The van der Waals surface area contributed by atoms with E-state index in [0.717, 1.165) is 6.67 Å². The summed E-state index contributed by atoms with van der Waals surface area (Å²) in [5.41, 5.74) is 0. The van der Waals surface area contributed by atoms with Crippen LogP contribution in [0.3, 0.4) is 0 Å². The fourth-order valence-electron chi connectivity index (χ4n) is 0.719. The van der Waals surface area contributed by atoms with Crippen LogP contribution in [0, 0.1) is 0 Å². The van der Waals surface area contributed by atoms with Gasteiger partial charge in [0.05, 0.1) is 6.20 Å². The highest BCUT2D eigenvalue weighted by Crippen LogP contribution is 2.06. The van der Waals surface area contributed by atoms with Crippen LogP contribution in [-0.2, 0) is 0 Å². The lowest BCUT2D eigenvalue weighted by atomic mass is 10.3. The Hall–Kier alpha value is -1.01. The Kier molecular flexibility index (Phi) is 4.51. The Labute approximate surface area is 74.3 Å². The molecule has 7 heteroatoms. The topological polar surface area (TPSA) is 6.25 Å². The van der Waals surface area contributed by atoms with Crippen molar-refractivity contribution in [3.8, 4) is 0 Å². The van der Waals surface area contributed by atoms with Crippen molar-refractivity contribution in [1.82, 2.24) is 4.90 Å². The Balaban J connectivity index is 0.000000252. The van der Waals surface area contributed by atoms with Gasteiger partial charge in [0, 0.05) is 14.0 Å². The third-order valence-corrected chi connectivity index (χ3v) is 1.23. The zero-order valence-corrected chi connectivity index (χ0v) is 7.42. The van der Waals surface area contributed by atoms with E-state index in [0.29, 0.717) is 0 Å². The van der Waals surface area contributed by atoms with Crippen molar-refractivity contribution >= 4 is 13.5 Å². The quantitative estimate of drug-likeness (QED) is 0.326. The van der Waals surface area contributed by atoms with Gasteiger partial charge in [0.2, 0.25) is 6.67 Å². The molecule has 0 bridgehead atoms. The van der Waals surface area contributed by atoms with Crippen LogP contribution in [0.15, 0.2) is 12.4 Å². The number of nitrogens with zero attached hydrogens (tertiary/aromatic N) is 2. The number of hydrogen-bond donors (Lipinski definition) is 0. The highest BCUT2D eigenvalue weighted by atomic mass is 19.5. The Morgan fingerprint density at radius 1 is 1.38 bits per heavy atom. The average Bonchev–Trinajstić information content (AvgIpc) is 2.31. The molecule has 2 nitrogen and oxygen atoms in total. The second-order valence-electron chi connectivity index (χ2n) is 2.46. The summed E-state index contributed by atoms with van der Waals surface area (Å²) >= 11 is 0. The molecular formula is C6H11BF4N2. The van der Waals surface area contributed by atoms with Crippen LogP contribution in [0.1, 0.15) is 6.92 Å². The molecule has 1 aliphatic heterocycles. The van der Waals surface area contributed by atoms with Crippen LogP contribution in [0.25, 0.3) is 0 Å². The van der Waals surface area contributed by atoms with Crippen LogP contribution in [0.5, 0.6) is 0 Å². The van der Waals surface area contributed by atoms with Gasteiger partial charge in [-0.25, -0.2) is 0 Å². The van der Waals surface area contributed by atoms with Crippen molar-refractivity contribution in [2.75, 3.05) is 13.7 Å². The summed E-state index contributed by atoms with van der Waals surface area (Å²) in [6.07, 6.45) is 6.17. The van der Waals surface area contributed by atoms with Crippen molar-refractivity contribution in [1.29, 1.82) is 0 Å². The molecule has 76 valence electrons. The monoisotopic (exact) mass is 198 g/mol. The van der Waals surface area contributed by atoms with Gasteiger partial charge in [0.25, 0.3) is 0 Å². The first kappa shape index (κ1) is 12.0. The van der Waals surface area contributed by atoms with Crippen LogP contribution in [-0.4, -0.2) is 36.7 Å². The maximum atomic E-state index is 9.75. The molecule has 0 fully saturated rings. The van der Waals surface area contributed by atoms with E-state index < -0.39 is 7.25 Å². The van der Waals surface area contributed by atoms with Crippen LogP contribution >= 0.6 is 0 Å². The summed E-state index contributed by atoms with van der Waals surface area (Å²) in [6, 6.07) is 0. The minimum absolute atomic E-state index is 0.997. The van der Waals surface area contributed by atoms with Gasteiger partial charge in [-0.05, 0) is 0 Å². The van der Waals surface area contributed by atoms with Crippen molar-refractivity contribution in [2.24, 2.45) is 0 Å². The molecular weight excluding hydrogens is 187 g/mol. The molecule has 0 aromatic heterocycles. The molecule has 0 aromatic rings. The number of rotatable bonds is 0. The van der Waals surface area contributed by atoms with E-state index >= 15 is 0 Å². The van der Waals surface area contributed by atoms with E-state index in [1.54, 1.807) is 0 Å². The van der Waals surface area contributed by atoms with Crippen LogP contribution in [0.2, 0.25) is 0 Å². The lowest BCUT2D eigenvalue weighted by molar-refractivity contribution is -0.458.